The van der Waals surface area contributed by atoms with Crippen LogP contribution in [0.2, 0.25) is 0 Å². The van der Waals surface area contributed by atoms with Crippen LogP contribution in [0.1, 0.15) is 5.56 Å². The number of aryl methyl sites for hydroxylation is 1. The third-order valence-electron chi connectivity index (χ3n) is 6.64. The van der Waals surface area contributed by atoms with E-state index in [0.717, 1.165) is 5.56 Å². The van der Waals surface area contributed by atoms with Crippen LogP contribution in [0.4, 0.5) is 17.5 Å². The summed E-state index contributed by atoms with van der Waals surface area (Å²) in [6.07, 6.45) is 7.76. The standard InChI is InChI=1S/C27H26N10O3/c1-4-24(38)35-7-9-36(10-8-35)27-28-14-20-25(34-27)26(31-15-29-20)33-19-11-17(2)21(13-22(19)39-3)40-18-5-6-37-23(12-18)30-16-32-37/h4-6,11-16H,1,7-10H2,2-3H3,(H,29,31,33). The predicted octanol–water partition coefficient (Wildman–Crippen LogP) is 3.15. The number of benzene rings is 1. The molecule has 1 fully saturated rings. The summed E-state index contributed by atoms with van der Waals surface area (Å²) in [6, 6.07) is 7.38. The van der Waals surface area contributed by atoms with Crippen LogP contribution in [0.25, 0.3) is 16.7 Å². The molecule has 0 radical (unpaired) electrons. The highest BCUT2D eigenvalue weighted by atomic mass is 16.5. The van der Waals surface area contributed by atoms with Crippen molar-refractivity contribution in [1.29, 1.82) is 0 Å². The molecular weight excluding hydrogens is 512 g/mol. The van der Waals surface area contributed by atoms with Crippen molar-refractivity contribution in [3.63, 3.8) is 0 Å². The molecule has 1 aliphatic heterocycles. The fourth-order valence-electron chi connectivity index (χ4n) is 4.51. The van der Waals surface area contributed by atoms with E-state index in [1.54, 1.807) is 28.9 Å². The number of hydrogen-bond acceptors (Lipinski definition) is 11. The van der Waals surface area contributed by atoms with Gasteiger partial charge in [-0.3, -0.25) is 4.79 Å². The first-order chi connectivity index (χ1) is 19.5. The monoisotopic (exact) mass is 538 g/mol. The molecule has 13 heteroatoms. The Morgan fingerprint density at radius 1 is 1.05 bits per heavy atom. The highest BCUT2D eigenvalue weighted by Gasteiger charge is 2.22. The van der Waals surface area contributed by atoms with Crippen molar-refractivity contribution in [1.82, 2.24) is 39.4 Å². The third-order valence-corrected chi connectivity index (χ3v) is 6.64. The normalized spacial score (nSPS) is 13.4. The molecule has 1 amide bonds. The summed E-state index contributed by atoms with van der Waals surface area (Å²) in [5, 5.41) is 7.46. The molecule has 5 heterocycles. The smallest absolute Gasteiger partial charge is 0.246 e. The van der Waals surface area contributed by atoms with Gasteiger partial charge in [0.05, 0.1) is 19.0 Å². The SMILES string of the molecule is C=CC(=O)N1CCN(c2ncc3ncnc(Nc4cc(C)c(Oc5ccn6ncnc6c5)cc4OC)c3n2)CC1. The van der Waals surface area contributed by atoms with Crippen molar-refractivity contribution < 1.29 is 14.3 Å². The Hall–Kier alpha value is -5.33. The molecule has 1 aromatic carbocycles. The van der Waals surface area contributed by atoms with E-state index < -0.39 is 0 Å². The van der Waals surface area contributed by atoms with Crippen LogP contribution in [-0.4, -0.2) is 78.6 Å². The number of hydrogen-bond donors (Lipinski definition) is 1. The molecule has 0 atom stereocenters. The van der Waals surface area contributed by atoms with Gasteiger partial charge < -0.3 is 24.6 Å². The van der Waals surface area contributed by atoms with Crippen molar-refractivity contribution in [2.24, 2.45) is 0 Å². The van der Waals surface area contributed by atoms with E-state index in [2.05, 4.69) is 36.9 Å². The Labute approximate surface area is 229 Å². The number of carbonyl (C=O) groups is 1. The highest BCUT2D eigenvalue weighted by Crippen LogP contribution is 2.37. The maximum atomic E-state index is 11.9. The Balaban J connectivity index is 1.26. The second-order valence-electron chi connectivity index (χ2n) is 9.11. The molecule has 5 aromatic rings. The third kappa shape index (κ3) is 4.79. The molecule has 0 spiro atoms. The zero-order valence-electron chi connectivity index (χ0n) is 22.0. The topological polar surface area (TPSA) is 136 Å². The van der Waals surface area contributed by atoms with Gasteiger partial charge in [0.25, 0.3) is 0 Å². The lowest BCUT2D eigenvalue weighted by Gasteiger charge is -2.34. The van der Waals surface area contributed by atoms with Crippen molar-refractivity contribution in [2.75, 3.05) is 43.5 Å². The lowest BCUT2D eigenvalue weighted by atomic mass is 10.1. The Morgan fingerprint density at radius 3 is 2.70 bits per heavy atom. The quantitative estimate of drug-likeness (QED) is 0.306. The summed E-state index contributed by atoms with van der Waals surface area (Å²) in [4.78, 5) is 38.0. The Bertz CT molecular complexity index is 1730. The van der Waals surface area contributed by atoms with Gasteiger partial charge in [0.15, 0.2) is 11.5 Å². The van der Waals surface area contributed by atoms with Crippen molar-refractivity contribution in [2.45, 2.75) is 6.92 Å². The number of rotatable bonds is 7. The number of methoxy groups -OCH3 is 1. The lowest BCUT2D eigenvalue weighted by molar-refractivity contribution is -0.126. The van der Waals surface area contributed by atoms with E-state index in [0.29, 0.717) is 77.6 Å². The van der Waals surface area contributed by atoms with Crippen LogP contribution >= 0.6 is 0 Å². The van der Waals surface area contributed by atoms with Gasteiger partial charge in [0.1, 0.15) is 40.9 Å². The largest absolute Gasteiger partial charge is 0.494 e. The van der Waals surface area contributed by atoms with Crippen LogP contribution in [0.15, 0.2) is 62.0 Å². The lowest BCUT2D eigenvalue weighted by Crippen LogP contribution is -2.48. The summed E-state index contributed by atoms with van der Waals surface area (Å²) in [6.45, 7) is 7.88. The predicted molar refractivity (Wildman–Crippen MR) is 148 cm³/mol. The molecule has 6 rings (SSSR count). The number of nitrogens with one attached hydrogen (secondary N) is 1. The van der Waals surface area contributed by atoms with Gasteiger partial charge in [0, 0.05) is 44.5 Å². The maximum absolute atomic E-state index is 11.9. The van der Waals surface area contributed by atoms with E-state index in [-0.39, 0.29) is 5.91 Å². The highest BCUT2D eigenvalue weighted by molar-refractivity contribution is 5.88. The second-order valence-corrected chi connectivity index (χ2v) is 9.11. The van der Waals surface area contributed by atoms with Crippen LogP contribution in [0.3, 0.4) is 0 Å². The van der Waals surface area contributed by atoms with Crippen LogP contribution in [-0.2, 0) is 4.79 Å². The summed E-state index contributed by atoms with van der Waals surface area (Å²) >= 11 is 0. The molecule has 0 unspecified atom stereocenters. The number of carbonyl (C=O) groups excluding carboxylic acids is 1. The van der Waals surface area contributed by atoms with Crippen molar-refractivity contribution in [3.8, 4) is 17.2 Å². The number of nitrogens with zero attached hydrogens (tertiary/aromatic N) is 9. The molecule has 0 bridgehead atoms. The minimum absolute atomic E-state index is 0.0731. The van der Waals surface area contributed by atoms with Crippen molar-refractivity contribution in [3.05, 3.63) is 67.5 Å². The van der Waals surface area contributed by atoms with Gasteiger partial charge in [-0.1, -0.05) is 6.58 Å². The molecule has 0 aliphatic carbocycles. The summed E-state index contributed by atoms with van der Waals surface area (Å²) in [5.74, 6) is 2.82. The second kappa shape index (κ2) is 10.4. The van der Waals surface area contributed by atoms with Gasteiger partial charge in [0.2, 0.25) is 11.9 Å². The summed E-state index contributed by atoms with van der Waals surface area (Å²) in [5.41, 5.74) is 3.42. The minimum atomic E-state index is -0.0731. The van der Waals surface area contributed by atoms with E-state index in [4.69, 9.17) is 14.5 Å². The fraction of sp³-hybridized carbons (Fsp3) is 0.222. The van der Waals surface area contributed by atoms with E-state index in [9.17, 15) is 4.79 Å². The number of piperazine rings is 1. The zero-order chi connectivity index (χ0) is 27.6. The molecule has 202 valence electrons. The molecular formula is C27H26N10O3. The van der Waals surface area contributed by atoms with Gasteiger partial charge >= 0.3 is 0 Å². The molecule has 40 heavy (non-hydrogen) atoms. The number of fused-ring (bicyclic) bond motifs is 2. The number of ether oxygens (including phenoxy) is 2. The number of pyridine rings is 1. The average Bonchev–Trinajstić information content (AvgIpc) is 3.46. The molecule has 1 saturated heterocycles. The van der Waals surface area contributed by atoms with E-state index >= 15 is 0 Å². The first kappa shape index (κ1) is 25.0. The van der Waals surface area contributed by atoms with Gasteiger partial charge in [-0.2, -0.15) is 5.10 Å². The van der Waals surface area contributed by atoms with Crippen molar-refractivity contribution >= 4 is 40.0 Å². The average molecular weight is 539 g/mol. The number of amides is 1. The Kier molecular flexibility index (Phi) is 6.52. The first-order valence-electron chi connectivity index (χ1n) is 12.6. The molecule has 1 aliphatic rings. The molecule has 4 aromatic heterocycles. The van der Waals surface area contributed by atoms with Crippen LogP contribution in [0.5, 0.6) is 17.2 Å². The number of anilines is 3. The van der Waals surface area contributed by atoms with Gasteiger partial charge in [-0.15, -0.1) is 0 Å². The van der Waals surface area contributed by atoms with Gasteiger partial charge in [-0.05, 0) is 30.7 Å². The minimum Gasteiger partial charge on any atom is -0.494 e. The summed E-state index contributed by atoms with van der Waals surface area (Å²) < 4.78 is 13.5. The van der Waals surface area contributed by atoms with E-state index in [1.807, 2.05) is 36.1 Å². The zero-order valence-corrected chi connectivity index (χ0v) is 22.0. The molecule has 1 N–H and O–H groups in total. The molecule has 0 saturated carbocycles. The molecule has 13 nitrogen and oxygen atoms in total. The summed E-state index contributed by atoms with van der Waals surface area (Å²) in [7, 11) is 1.59. The van der Waals surface area contributed by atoms with Crippen LogP contribution in [0, 0.1) is 6.92 Å². The maximum Gasteiger partial charge on any atom is 0.246 e. The van der Waals surface area contributed by atoms with Gasteiger partial charge in [-0.25, -0.2) is 29.4 Å². The van der Waals surface area contributed by atoms with E-state index in [1.165, 1.54) is 18.7 Å². The van der Waals surface area contributed by atoms with Crippen LogP contribution < -0.4 is 19.7 Å². The number of aromatic nitrogens is 7. The Morgan fingerprint density at radius 2 is 1.90 bits per heavy atom. The fourth-order valence-corrected chi connectivity index (χ4v) is 4.51. The first-order valence-corrected chi connectivity index (χ1v) is 12.6.